The topological polar surface area (TPSA) is 46.9 Å². The lowest BCUT2D eigenvalue weighted by Gasteiger charge is -2.27. The molecule has 1 atom stereocenters. The number of nitrogens with one attached hydrogen (secondary N) is 1. The number of hydrogen-bond donors (Lipinski definition) is 1. The minimum atomic E-state index is -0.930. The maximum atomic E-state index is 14.0. The highest BCUT2D eigenvalue weighted by atomic mass is 35.5. The smallest absolute Gasteiger partial charge is 0.292 e. The molecule has 0 saturated carbocycles. The highest BCUT2D eigenvalue weighted by Crippen LogP contribution is 2.39. The molecule has 0 spiro atoms. The van der Waals surface area contributed by atoms with Crippen LogP contribution in [0.4, 0.5) is 18.9 Å². The molecular weight excluding hydrogens is 411 g/mol. The van der Waals surface area contributed by atoms with Crippen molar-refractivity contribution in [3.63, 3.8) is 0 Å². The molecule has 2 aromatic carbocycles. The van der Waals surface area contributed by atoms with Crippen LogP contribution in [0.5, 0.6) is 0 Å². The number of hydrogen-bond acceptors (Lipinski definition) is 4. The zero-order valence-corrected chi connectivity index (χ0v) is 15.8. The number of anilines is 1. The summed E-state index contributed by atoms with van der Waals surface area (Å²) < 4.78 is 41.9. The third-order valence-corrected chi connectivity index (χ3v) is 5.94. The van der Waals surface area contributed by atoms with Crippen molar-refractivity contribution >= 4 is 29.1 Å². The maximum absolute atomic E-state index is 14.0. The van der Waals surface area contributed by atoms with E-state index in [4.69, 9.17) is 11.6 Å². The Balaban J connectivity index is 1.69. The van der Waals surface area contributed by atoms with Crippen LogP contribution in [0.25, 0.3) is 5.69 Å². The molecule has 144 valence electrons. The summed E-state index contributed by atoms with van der Waals surface area (Å²) in [5.41, 5.74) is 0.0850. The summed E-state index contributed by atoms with van der Waals surface area (Å²) in [6.45, 7) is 0. The van der Waals surface area contributed by atoms with Crippen molar-refractivity contribution in [2.24, 2.45) is 0 Å². The Morgan fingerprint density at radius 2 is 2.00 bits per heavy atom. The van der Waals surface area contributed by atoms with E-state index in [0.29, 0.717) is 23.1 Å². The molecule has 1 aliphatic heterocycles. The molecule has 1 aliphatic rings. The van der Waals surface area contributed by atoms with Crippen LogP contribution in [0.2, 0.25) is 5.02 Å². The summed E-state index contributed by atoms with van der Waals surface area (Å²) in [4.78, 5) is 13.1. The van der Waals surface area contributed by atoms with Gasteiger partial charge in [0.25, 0.3) is 5.56 Å². The number of fused-ring (bicyclic) bond motifs is 1. The quantitative estimate of drug-likeness (QED) is 0.647. The molecule has 1 unspecified atom stereocenters. The van der Waals surface area contributed by atoms with Crippen LogP contribution in [0.15, 0.2) is 52.3 Å². The summed E-state index contributed by atoms with van der Waals surface area (Å²) in [5.74, 6) is -1.28. The molecule has 4 rings (SSSR count). The van der Waals surface area contributed by atoms with Crippen molar-refractivity contribution in [1.82, 2.24) is 9.78 Å². The van der Waals surface area contributed by atoms with Gasteiger partial charge in [0.05, 0.1) is 17.9 Å². The van der Waals surface area contributed by atoms with E-state index in [9.17, 15) is 18.0 Å². The minimum Gasteiger partial charge on any atom is -0.375 e. The van der Waals surface area contributed by atoms with Crippen LogP contribution < -0.4 is 10.9 Å². The van der Waals surface area contributed by atoms with E-state index in [1.807, 2.05) is 6.07 Å². The van der Waals surface area contributed by atoms with Crippen LogP contribution in [-0.4, -0.2) is 15.5 Å². The maximum Gasteiger partial charge on any atom is 0.292 e. The Bertz CT molecular complexity index is 1120. The first-order chi connectivity index (χ1) is 13.5. The summed E-state index contributed by atoms with van der Waals surface area (Å²) in [5, 5.41) is 6.90. The van der Waals surface area contributed by atoms with Crippen LogP contribution in [0.1, 0.15) is 18.0 Å². The molecule has 0 fully saturated rings. The number of rotatable bonds is 3. The second kappa shape index (κ2) is 7.52. The molecule has 0 aliphatic carbocycles. The van der Waals surface area contributed by atoms with E-state index in [1.54, 1.807) is 6.07 Å². The van der Waals surface area contributed by atoms with Crippen molar-refractivity contribution in [2.45, 2.75) is 17.4 Å². The third-order valence-electron chi connectivity index (χ3n) is 4.41. The lowest BCUT2D eigenvalue weighted by Crippen LogP contribution is -2.25. The van der Waals surface area contributed by atoms with Gasteiger partial charge in [0.1, 0.15) is 22.3 Å². The summed E-state index contributed by atoms with van der Waals surface area (Å²) in [7, 11) is 0. The summed E-state index contributed by atoms with van der Waals surface area (Å²) in [6, 6.07) is 7.40. The molecule has 4 nitrogen and oxygen atoms in total. The fraction of sp³-hybridized carbons (Fsp3) is 0.158. The van der Waals surface area contributed by atoms with E-state index in [1.165, 1.54) is 24.0 Å². The number of aromatic nitrogens is 2. The Labute approximate surface area is 167 Å². The highest BCUT2D eigenvalue weighted by Gasteiger charge is 2.24. The first kappa shape index (κ1) is 18.9. The van der Waals surface area contributed by atoms with Crippen molar-refractivity contribution < 1.29 is 13.2 Å². The monoisotopic (exact) mass is 423 g/mol. The largest absolute Gasteiger partial charge is 0.375 e. The lowest BCUT2D eigenvalue weighted by molar-refractivity contribution is 0.570. The molecule has 0 bridgehead atoms. The van der Waals surface area contributed by atoms with Gasteiger partial charge in [0, 0.05) is 16.7 Å². The fourth-order valence-corrected chi connectivity index (χ4v) is 4.41. The average Bonchev–Trinajstić information content (AvgIpc) is 2.67. The van der Waals surface area contributed by atoms with Crippen LogP contribution in [-0.2, 0) is 0 Å². The first-order valence-corrected chi connectivity index (χ1v) is 9.73. The Morgan fingerprint density at radius 3 is 2.79 bits per heavy atom. The lowest BCUT2D eigenvalue weighted by atomic mass is 10.0. The van der Waals surface area contributed by atoms with Crippen LogP contribution in [0.3, 0.4) is 0 Å². The Kier molecular flexibility index (Phi) is 5.07. The molecule has 1 aromatic heterocycles. The van der Waals surface area contributed by atoms with Crippen molar-refractivity contribution in [3.05, 3.63) is 81.0 Å². The molecule has 0 saturated heterocycles. The van der Waals surface area contributed by atoms with E-state index in [-0.39, 0.29) is 28.3 Å². The van der Waals surface area contributed by atoms with Crippen LogP contribution in [0, 0.1) is 17.5 Å². The van der Waals surface area contributed by atoms with E-state index >= 15 is 0 Å². The van der Waals surface area contributed by atoms with E-state index < -0.39 is 17.2 Å². The van der Waals surface area contributed by atoms with Gasteiger partial charge < -0.3 is 5.32 Å². The number of thioether (sulfide) groups is 1. The molecule has 1 N–H and O–H groups in total. The van der Waals surface area contributed by atoms with Gasteiger partial charge in [-0.2, -0.15) is 9.78 Å². The first-order valence-electron chi connectivity index (χ1n) is 8.36. The van der Waals surface area contributed by atoms with Crippen LogP contribution >= 0.6 is 23.4 Å². The van der Waals surface area contributed by atoms with Gasteiger partial charge in [-0.15, -0.1) is 11.8 Å². The summed E-state index contributed by atoms with van der Waals surface area (Å²) in [6.07, 6.45) is 2.00. The number of nitrogens with zero attached hydrogens (tertiary/aromatic N) is 2. The molecule has 3 aromatic rings. The van der Waals surface area contributed by atoms with Gasteiger partial charge >= 0.3 is 0 Å². The molecule has 28 heavy (non-hydrogen) atoms. The predicted molar refractivity (Wildman–Crippen MR) is 103 cm³/mol. The third kappa shape index (κ3) is 3.38. The average molecular weight is 424 g/mol. The van der Waals surface area contributed by atoms with Gasteiger partial charge in [-0.25, -0.2) is 13.2 Å². The predicted octanol–water partition coefficient (Wildman–Crippen LogP) is 4.95. The SMILES string of the molecule is O=c1c(Cl)c(NC2CCSc3c(F)cccc32)cnn1-c1ccc(F)cc1F. The van der Waals surface area contributed by atoms with Crippen molar-refractivity contribution in [3.8, 4) is 5.69 Å². The normalized spacial score (nSPS) is 15.9. The molecular formula is C19H13ClF3N3OS. The number of benzene rings is 2. The van der Waals surface area contributed by atoms with Gasteiger partial charge in [-0.1, -0.05) is 23.7 Å². The second-order valence-electron chi connectivity index (χ2n) is 6.18. The van der Waals surface area contributed by atoms with Gasteiger partial charge in [-0.3, -0.25) is 4.79 Å². The summed E-state index contributed by atoms with van der Waals surface area (Å²) >= 11 is 7.64. The fourth-order valence-electron chi connectivity index (χ4n) is 3.08. The Hall–Kier alpha value is -2.45. The van der Waals surface area contributed by atoms with Gasteiger partial charge in [0.15, 0.2) is 5.82 Å². The van der Waals surface area contributed by atoms with Crippen molar-refractivity contribution in [2.75, 3.05) is 11.1 Å². The molecule has 0 amide bonds. The zero-order valence-electron chi connectivity index (χ0n) is 14.3. The van der Waals surface area contributed by atoms with E-state index in [0.717, 1.165) is 22.4 Å². The van der Waals surface area contributed by atoms with Gasteiger partial charge in [-0.05, 0) is 30.2 Å². The van der Waals surface area contributed by atoms with Crippen molar-refractivity contribution in [1.29, 1.82) is 0 Å². The minimum absolute atomic E-state index is 0.185. The zero-order chi connectivity index (χ0) is 19.8. The number of halogens is 4. The molecule has 0 radical (unpaired) electrons. The second-order valence-corrected chi connectivity index (χ2v) is 7.66. The molecule has 2 heterocycles. The molecule has 9 heteroatoms. The Morgan fingerprint density at radius 1 is 1.18 bits per heavy atom. The standard InChI is InChI=1S/C19H13ClF3N3OS/c20-17-15(25-14-6-7-28-18-11(14)2-1-3-12(18)22)9-24-26(19(17)27)16-5-4-10(21)8-13(16)23/h1-5,8-9,14,25H,6-7H2. The van der Waals surface area contributed by atoms with E-state index in [2.05, 4.69) is 10.4 Å². The highest BCUT2D eigenvalue weighted by molar-refractivity contribution is 7.99. The van der Waals surface area contributed by atoms with Gasteiger partial charge in [0.2, 0.25) is 0 Å².